The second-order valence-corrected chi connectivity index (χ2v) is 5.77. The highest BCUT2D eigenvalue weighted by Crippen LogP contribution is 2.43. The first-order chi connectivity index (χ1) is 9.81. The second kappa shape index (κ2) is 4.58. The molecule has 20 heavy (non-hydrogen) atoms. The lowest BCUT2D eigenvalue weighted by atomic mass is 10.1. The molecule has 0 amide bonds. The maximum Gasteiger partial charge on any atom is 0.225 e. The summed E-state index contributed by atoms with van der Waals surface area (Å²) in [5.74, 6) is 2.24. The molecular formula is C15H18N4O. The quantitative estimate of drug-likeness (QED) is 0.858. The summed E-state index contributed by atoms with van der Waals surface area (Å²) in [6.45, 7) is 4.08. The summed E-state index contributed by atoms with van der Waals surface area (Å²) in [6.07, 6.45) is 6.83. The molecule has 2 aromatic heterocycles. The van der Waals surface area contributed by atoms with Crippen LogP contribution in [0.2, 0.25) is 0 Å². The minimum absolute atomic E-state index is 0.569. The van der Waals surface area contributed by atoms with Crippen LogP contribution in [0.25, 0.3) is 11.3 Å². The Hall–Kier alpha value is -1.91. The average Bonchev–Trinajstić information content (AvgIpc) is 2.98. The lowest BCUT2D eigenvalue weighted by Crippen LogP contribution is -2.21. The molecule has 2 fully saturated rings. The van der Waals surface area contributed by atoms with E-state index in [1.165, 1.54) is 25.7 Å². The van der Waals surface area contributed by atoms with Gasteiger partial charge in [0, 0.05) is 31.3 Å². The Labute approximate surface area is 118 Å². The highest BCUT2D eigenvalue weighted by Gasteiger charge is 2.30. The van der Waals surface area contributed by atoms with E-state index in [1.807, 2.05) is 19.2 Å². The van der Waals surface area contributed by atoms with Gasteiger partial charge in [-0.15, -0.1) is 0 Å². The van der Waals surface area contributed by atoms with Crippen molar-refractivity contribution in [1.82, 2.24) is 15.1 Å². The van der Waals surface area contributed by atoms with Gasteiger partial charge in [-0.05, 0) is 32.6 Å². The van der Waals surface area contributed by atoms with Gasteiger partial charge in [-0.2, -0.15) is 0 Å². The van der Waals surface area contributed by atoms with Gasteiger partial charge in [0.1, 0.15) is 0 Å². The first-order valence-corrected chi connectivity index (χ1v) is 7.37. The topological polar surface area (TPSA) is 55.1 Å². The molecule has 0 unspecified atom stereocenters. The maximum atomic E-state index is 5.39. The minimum atomic E-state index is 0.569. The fraction of sp³-hybridized carbons (Fsp3) is 0.533. The molecular weight excluding hydrogens is 252 g/mol. The first kappa shape index (κ1) is 11.9. The normalized spacial score (nSPS) is 18.8. The highest BCUT2D eigenvalue weighted by molar-refractivity contribution is 5.62. The Bertz CT molecular complexity index is 627. The predicted octanol–water partition coefficient (Wildman–Crippen LogP) is 2.92. The number of aromatic nitrogens is 3. The van der Waals surface area contributed by atoms with Crippen molar-refractivity contribution in [3.63, 3.8) is 0 Å². The molecule has 1 saturated carbocycles. The third-order valence-electron chi connectivity index (χ3n) is 4.05. The molecule has 104 valence electrons. The number of nitrogens with zero attached hydrogens (tertiary/aromatic N) is 4. The zero-order valence-corrected chi connectivity index (χ0v) is 11.7. The van der Waals surface area contributed by atoms with E-state index in [1.54, 1.807) is 0 Å². The van der Waals surface area contributed by atoms with Gasteiger partial charge in [-0.25, -0.2) is 9.97 Å². The maximum absolute atomic E-state index is 5.39. The molecule has 0 radical (unpaired) electrons. The number of rotatable bonds is 3. The lowest BCUT2D eigenvalue weighted by molar-refractivity contribution is 0.426. The fourth-order valence-electron chi connectivity index (χ4n) is 2.80. The van der Waals surface area contributed by atoms with Crippen molar-refractivity contribution < 1.29 is 4.52 Å². The first-order valence-electron chi connectivity index (χ1n) is 7.37. The second-order valence-electron chi connectivity index (χ2n) is 5.77. The number of aryl methyl sites for hydroxylation is 1. The summed E-state index contributed by atoms with van der Waals surface area (Å²) in [5.41, 5.74) is 3.04. The van der Waals surface area contributed by atoms with Crippen LogP contribution in [0.3, 0.4) is 0 Å². The molecule has 0 spiro atoms. The van der Waals surface area contributed by atoms with E-state index in [4.69, 9.17) is 9.51 Å². The Balaban J connectivity index is 1.75. The standard InChI is InChI=1S/C15H18N4O/c1-10-8-13(20-18-10)12-9-16-15(19-6-2-3-7-19)17-14(12)11-4-5-11/h8-9,11H,2-7H2,1H3. The van der Waals surface area contributed by atoms with E-state index in [0.29, 0.717) is 5.92 Å². The van der Waals surface area contributed by atoms with E-state index >= 15 is 0 Å². The van der Waals surface area contributed by atoms with E-state index in [2.05, 4.69) is 15.0 Å². The van der Waals surface area contributed by atoms with Crippen LogP contribution < -0.4 is 4.90 Å². The molecule has 2 aromatic rings. The Morgan fingerprint density at radius 2 is 2.05 bits per heavy atom. The van der Waals surface area contributed by atoms with Gasteiger partial charge in [0.25, 0.3) is 0 Å². The Kier molecular flexibility index (Phi) is 2.72. The van der Waals surface area contributed by atoms with Gasteiger partial charge in [0.2, 0.25) is 5.95 Å². The minimum Gasteiger partial charge on any atom is -0.356 e. The number of anilines is 1. The van der Waals surface area contributed by atoms with E-state index in [9.17, 15) is 0 Å². The molecule has 0 N–H and O–H groups in total. The van der Waals surface area contributed by atoms with E-state index < -0.39 is 0 Å². The molecule has 5 nitrogen and oxygen atoms in total. The molecule has 3 heterocycles. The summed E-state index contributed by atoms with van der Waals surface area (Å²) >= 11 is 0. The lowest BCUT2D eigenvalue weighted by Gasteiger charge is -2.16. The van der Waals surface area contributed by atoms with Crippen LogP contribution in [0.4, 0.5) is 5.95 Å². The number of hydrogen-bond donors (Lipinski definition) is 0. The average molecular weight is 270 g/mol. The fourth-order valence-corrected chi connectivity index (χ4v) is 2.80. The molecule has 0 aromatic carbocycles. The molecule has 1 aliphatic heterocycles. The van der Waals surface area contributed by atoms with Gasteiger partial charge in [0.05, 0.1) is 17.0 Å². The summed E-state index contributed by atoms with van der Waals surface area (Å²) in [7, 11) is 0. The molecule has 0 atom stereocenters. The van der Waals surface area contributed by atoms with Crippen molar-refractivity contribution >= 4 is 5.95 Å². The van der Waals surface area contributed by atoms with Crippen LogP contribution >= 0.6 is 0 Å². The van der Waals surface area contributed by atoms with Crippen molar-refractivity contribution in [3.8, 4) is 11.3 Å². The van der Waals surface area contributed by atoms with Crippen LogP contribution in [0.1, 0.15) is 43.0 Å². The highest BCUT2D eigenvalue weighted by atomic mass is 16.5. The largest absolute Gasteiger partial charge is 0.356 e. The molecule has 0 bridgehead atoms. The summed E-state index contributed by atoms with van der Waals surface area (Å²) < 4.78 is 5.39. The van der Waals surface area contributed by atoms with Gasteiger partial charge in [0.15, 0.2) is 5.76 Å². The smallest absolute Gasteiger partial charge is 0.225 e. The van der Waals surface area contributed by atoms with Gasteiger partial charge in [-0.1, -0.05) is 5.16 Å². The third-order valence-corrected chi connectivity index (χ3v) is 4.05. The molecule has 4 rings (SSSR count). The zero-order chi connectivity index (χ0) is 13.5. The SMILES string of the molecule is Cc1cc(-c2cnc(N3CCCC3)nc2C2CC2)on1. The van der Waals surface area contributed by atoms with E-state index in [0.717, 1.165) is 41.7 Å². The Morgan fingerprint density at radius 3 is 2.70 bits per heavy atom. The summed E-state index contributed by atoms with van der Waals surface area (Å²) in [6, 6.07) is 1.96. The van der Waals surface area contributed by atoms with Crippen LogP contribution in [0, 0.1) is 6.92 Å². The molecule has 2 aliphatic rings. The molecule has 1 aliphatic carbocycles. The van der Waals surface area contributed by atoms with Crippen molar-refractivity contribution in [2.75, 3.05) is 18.0 Å². The molecule has 1 saturated heterocycles. The summed E-state index contributed by atoms with van der Waals surface area (Å²) in [5, 5.41) is 3.97. The van der Waals surface area contributed by atoms with Gasteiger partial charge < -0.3 is 9.42 Å². The Morgan fingerprint density at radius 1 is 1.25 bits per heavy atom. The summed E-state index contributed by atoms with van der Waals surface area (Å²) in [4.78, 5) is 11.7. The van der Waals surface area contributed by atoms with Crippen molar-refractivity contribution in [1.29, 1.82) is 0 Å². The van der Waals surface area contributed by atoms with Crippen LogP contribution in [-0.2, 0) is 0 Å². The predicted molar refractivity (Wildman–Crippen MR) is 75.7 cm³/mol. The van der Waals surface area contributed by atoms with Crippen LogP contribution in [0.15, 0.2) is 16.8 Å². The number of hydrogen-bond acceptors (Lipinski definition) is 5. The monoisotopic (exact) mass is 270 g/mol. The van der Waals surface area contributed by atoms with Gasteiger partial charge >= 0.3 is 0 Å². The molecule has 5 heteroatoms. The van der Waals surface area contributed by atoms with Crippen molar-refractivity contribution in [2.45, 2.75) is 38.5 Å². The van der Waals surface area contributed by atoms with Crippen LogP contribution in [-0.4, -0.2) is 28.2 Å². The zero-order valence-electron chi connectivity index (χ0n) is 11.7. The third kappa shape index (κ3) is 2.07. The van der Waals surface area contributed by atoms with Gasteiger partial charge in [-0.3, -0.25) is 0 Å². The van der Waals surface area contributed by atoms with Crippen molar-refractivity contribution in [3.05, 3.63) is 23.7 Å². The van der Waals surface area contributed by atoms with Crippen LogP contribution in [0.5, 0.6) is 0 Å². The van der Waals surface area contributed by atoms with E-state index in [-0.39, 0.29) is 0 Å². The van der Waals surface area contributed by atoms with Crippen molar-refractivity contribution in [2.24, 2.45) is 0 Å².